The molecule has 3 aromatic carbocycles. The summed E-state index contributed by atoms with van der Waals surface area (Å²) in [6.45, 7) is 0. The number of hydrogen-bond donors (Lipinski definition) is 1. The first-order valence-electron chi connectivity index (χ1n) is 6.61. The lowest BCUT2D eigenvalue weighted by Gasteiger charge is -2.13. The third-order valence-corrected chi connectivity index (χ3v) is 3.50. The molecule has 0 aromatic heterocycles. The van der Waals surface area contributed by atoms with E-state index in [1.807, 2.05) is 7.05 Å². The van der Waals surface area contributed by atoms with Gasteiger partial charge in [-0.25, -0.2) is 0 Å². The van der Waals surface area contributed by atoms with Gasteiger partial charge in [-0.1, -0.05) is 66.7 Å². The summed E-state index contributed by atoms with van der Waals surface area (Å²) in [5.74, 6) is 0. The molecule has 0 saturated carbocycles. The second kappa shape index (κ2) is 5.15. The zero-order valence-electron chi connectivity index (χ0n) is 11.1. The molecule has 0 saturated heterocycles. The Morgan fingerprint density at radius 1 is 0.789 bits per heavy atom. The van der Waals surface area contributed by atoms with Crippen LogP contribution in [0.1, 0.15) is 11.1 Å². The van der Waals surface area contributed by atoms with Gasteiger partial charge in [0.2, 0.25) is 0 Å². The van der Waals surface area contributed by atoms with Crippen molar-refractivity contribution in [2.45, 2.75) is 6.42 Å². The maximum Gasteiger partial charge on any atom is 0.0453 e. The third kappa shape index (κ3) is 2.32. The van der Waals surface area contributed by atoms with Gasteiger partial charge in [-0.05, 0) is 22.9 Å². The predicted molar refractivity (Wildman–Crippen MR) is 82.7 cm³/mol. The quantitative estimate of drug-likeness (QED) is 0.720. The molecule has 0 heterocycles. The number of anilines is 1. The molecule has 1 heteroatoms. The van der Waals surface area contributed by atoms with E-state index in [1.54, 1.807) is 0 Å². The van der Waals surface area contributed by atoms with Gasteiger partial charge in [0.05, 0.1) is 0 Å². The second-order valence-electron chi connectivity index (χ2n) is 4.73. The largest absolute Gasteiger partial charge is 0.387 e. The molecule has 0 fully saturated rings. The summed E-state index contributed by atoms with van der Waals surface area (Å²) in [5.41, 5.74) is 3.92. The first-order chi connectivity index (χ1) is 9.38. The molecule has 19 heavy (non-hydrogen) atoms. The highest BCUT2D eigenvalue weighted by atomic mass is 14.8. The molecule has 1 nitrogen and oxygen atoms in total. The summed E-state index contributed by atoms with van der Waals surface area (Å²) in [7, 11) is 2.00. The molecule has 0 aliphatic carbocycles. The van der Waals surface area contributed by atoms with Gasteiger partial charge in [0.15, 0.2) is 0 Å². The fourth-order valence-corrected chi connectivity index (χ4v) is 2.58. The molecule has 0 aliphatic heterocycles. The van der Waals surface area contributed by atoms with Crippen LogP contribution in [0.5, 0.6) is 0 Å². The average Bonchev–Trinajstić information content (AvgIpc) is 2.48. The molecular formula is C18H17N. The Bertz CT molecular complexity index is 686. The monoisotopic (exact) mass is 247 g/mol. The van der Waals surface area contributed by atoms with Crippen LogP contribution in [0, 0.1) is 0 Å². The molecule has 0 amide bonds. The minimum Gasteiger partial charge on any atom is -0.387 e. The van der Waals surface area contributed by atoms with Crippen molar-refractivity contribution in [2.24, 2.45) is 0 Å². The van der Waals surface area contributed by atoms with Crippen molar-refractivity contribution in [3.05, 3.63) is 77.9 Å². The van der Waals surface area contributed by atoms with Crippen LogP contribution in [0.25, 0.3) is 10.8 Å². The third-order valence-electron chi connectivity index (χ3n) is 3.50. The van der Waals surface area contributed by atoms with Crippen molar-refractivity contribution in [1.82, 2.24) is 0 Å². The van der Waals surface area contributed by atoms with Gasteiger partial charge in [-0.15, -0.1) is 0 Å². The number of rotatable bonds is 3. The van der Waals surface area contributed by atoms with E-state index >= 15 is 0 Å². The van der Waals surface area contributed by atoms with E-state index in [1.165, 1.54) is 27.6 Å². The van der Waals surface area contributed by atoms with Gasteiger partial charge in [0.1, 0.15) is 0 Å². The summed E-state index contributed by atoms with van der Waals surface area (Å²) in [5, 5.41) is 5.93. The molecular weight excluding hydrogens is 230 g/mol. The van der Waals surface area contributed by atoms with E-state index in [2.05, 4.69) is 72.0 Å². The molecule has 3 rings (SSSR count). The Morgan fingerprint density at radius 2 is 1.53 bits per heavy atom. The average molecular weight is 247 g/mol. The lowest BCUT2D eigenvalue weighted by Crippen LogP contribution is -1.97. The number of fused-ring (bicyclic) bond motifs is 1. The molecule has 1 N–H and O–H groups in total. The Kier molecular flexibility index (Phi) is 3.20. The molecule has 0 unspecified atom stereocenters. The topological polar surface area (TPSA) is 12.0 Å². The van der Waals surface area contributed by atoms with Crippen molar-refractivity contribution in [2.75, 3.05) is 12.4 Å². The van der Waals surface area contributed by atoms with Gasteiger partial charge >= 0.3 is 0 Å². The Balaban J connectivity index is 2.08. The van der Waals surface area contributed by atoms with E-state index < -0.39 is 0 Å². The highest BCUT2D eigenvalue weighted by Crippen LogP contribution is 2.28. The summed E-state index contributed by atoms with van der Waals surface area (Å²) in [4.78, 5) is 0. The number of hydrogen-bond acceptors (Lipinski definition) is 1. The van der Waals surface area contributed by atoms with Crippen LogP contribution < -0.4 is 5.32 Å². The van der Waals surface area contributed by atoms with E-state index in [0.717, 1.165) is 6.42 Å². The zero-order valence-corrected chi connectivity index (χ0v) is 11.1. The normalized spacial score (nSPS) is 10.6. The van der Waals surface area contributed by atoms with Crippen molar-refractivity contribution in [1.29, 1.82) is 0 Å². The standard InChI is InChI=1S/C18H17N/c1-19-18-16(13-14-7-3-2-4-8-14)12-11-15-9-5-6-10-17(15)18/h2-12,19H,13H2,1H3. The maximum atomic E-state index is 3.36. The molecule has 0 aliphatic rings. The molecule has 0 bridgehead atoms. The van der Waals surface area contributed by atoms with Crippen molar-refractivity contribution < 1.29 is 0 Å². The summed E-state index contributed by atoms with van der Waals surface area (Å²) >= 11 is 0. The molecule has 94 valence electrons. The molecule has 3 aromatic rings. The number of nitrogens with one attached hydrogen (secondary N) is 1. The summed E-state index contributed by atoms with van der Waals surface area (Å²) in [6, 6.07) is 23.5. The fraction of sp³-hybridized carbons (Fsp3) is 0.111. The van der Waals surface area contributed by atoms with Crippen LogP contribution in [-0.2, 0) is 6.42 Å². The van der Waals surface area contributed by atoms with E-state index in [-0.39, 0.29) is 0 Å². The summed E-state index contributed by atoms with van der Waals surface area (Å²) in [6.07, 6.45) is 0.960. The van der Waals surface area contributed by atoms with Crippen LogP contribution in [0.4, 0.5) is 5.69 Å². The van der Waals surface area contributed by atoms with Gasteiger partial charge in [0, 0.05) is 18.1 Å². The lowest BCUT2D eigenvalue weighted by molar-refractivity contribution is 1.19. The highest BCUT2D eigenvalue weighted by molar-refractivity contribution is 5.95. The Labute approximate surface area is 113 Å². The molecule has 0 atom stereocenters. The zero-order chi connectivity index (χ0) is 13.1. The lowest BCUT2D eigenvalue weighted by atomic mass is 9.98. The van der Waals surface area contributed by atoms with Crippen molar-refractivity contribution >= 4 is 16.5 Å². The van der Waals surface area contributed by atoms with E-state index in [9.17, 15) is 0 Å². The van der Waals surface area contributed by atoms with Gasteiger partial charge in [0.25, 0.3) is 0 Å². The minimum absolute atomic E-state index is 0.960. The smallest absolute Gasteiger partial charge is 0.0453 e. The van der Waals surface area contributed by atoms with E-state index in [4.69, 9.17) is 0 Å². The maximum absolute atomic E-state index is 3.36. The van der Waals surface area contributed by atoms with Crippen LogP contribution >= 0.6 is 0 Å². The van der Waals surface area contributed by atoms with Crippen LogP contribution in [0.15, 0.2) is 66.7 Å². The highest BCUT2D eigenvalue weighted by Gasteiger charge is 2.06. The minimum atomic E-state index is 0.960. The van der Waals surface area contributed by atoms with Gasteiger partial charge in [-0.2, -0.15) is 0 Å². The van der Waals surface area contributed by atoms with Gasteiger partial charge in [-0.3, -0.25) is 0 Å². The van der Waals surface area contributed by atoms with Crippen molar-refractivity contribution in [3.63, 3.8) is 0 Å². The van der Waals surface area contributed by atoms with Crippen molar-refractivity contribution in [3.8, 4) is 0 Å². The fourth-order valence-electron chi connectivity index (χ4n) is 2.58. The van der Waals surface area contributed by atoms with Crippen LogP contribution in [0.2, 0.25) is 0 Å². The molecule has 0 spiro atoms. The Morgan fingerprint density at radius 3 is 2.32 bits per heavy atom. The summed E-state index contributed by atoms with van der Waals surface area (Å²) < 4.78 is 0. The first kappa shape index (κ1) is 11.8. The SMILES string of the molecule is CNc1c(Cc2ccccc2)ccc2ccccc12. The second-order valence-corrected chi connectivity index (χ2v) is 4.73. The molecule has 0 radical (unpaired) electrons. The Hall–Kier alpha value is -2.28. The predicted octanol–water partition coefficient (Wildman–Crippen LogP) is 4.47. The number of benzene rings is 3. The van der Waals surface area contributed by atoms with Gasteiger partial charge < -0.3 is 5.32 Å². The first-order valence-corrected chi connectivity index (χ1v) is 6.61. The van der Waals surface area contributed by atoms with E-state index in [0.29, 0.717) is 0 Å². The van der Waals surface area contributed by atoms with Crippen LogP contribution in [0.3, 0.4) is 0 Å². The van der Waals surface area contributed by atoms with Crippen LogP contribution in [-0.4, -0.2) is 7.05 Å².